The fourth-order valence-corrected chi connectivity index (χ4v) is 2.97. The first-order chi connectivity index (χ1) is 13.8. The molecule has 1 heterocycles. The van der Waals surface area contributed by atoms with Crippen molar-refractivity contribution >= 4 is 23.5 Å². The maximum Gasteiger partial charge on any atom is 0.330 e. The Morgan fingerprint density at radius 3 is 2.52 bits per heavy atom. The average Bonchev–Trinajstić information content (AvgIpc) is 3.20. The third-order valence-corrected chi connectivity index (χ3v) is 4.40. The Labute approximate surface area is 168 Å². The maximum absolute atomic E-state index is 12.5. The Balaban J connectivity index is 1.86. The maximum atomic E-state index is 12.5. The van der Waals surface area contributed by atoms with E-state index in [9.17, 15) is 24.5 Å². The summed E-state index contributed by atoms with van der Waals surface area (Å²) in [6.07, 6.45) is 2.07. The molecule has 158 valence electrons. The van der Waals surface area contributed by atoms with Crippen molar-refractivity contribution in [2.45, 2.75) is 45.2 Å². The highest BCUT2D eigenvalue weighted by molar-refractivity contribution is 5.91. The van der Waals surface area contributed by atoms with Crippen LogP contribution in [0, 0.1) is 16.0 Å². The molecule has 0 aromatic heterocycles. The van der Waals surface area contributed by atoms with Crippen molar-refractivity contribution in [2.24, 2.45) is 5.92 Å². The minimum Gasteiger partial charge on any atom is -0.425 e. The number of ether oxygens (including phenoxy) is 1. The number of hydrogen-bond acceptors (Lipinski definition) is 7. The lowest BCUT2D eigenvalue weighted by Gasteiger charge is -2.22. The predicted octanol–water partition coefficient (Wildman–Crippen LogP) is 0.899. The molecule has 0 bridgehead atoms. The molecule has 2 amide bonds. The van der Waals surface area contributed by atoms with Gasteiger partial charge in [-0.25, -0.2) is 4.79 Å². The third kappa shape index (κ3) is 7.15. The highest BCUT2D eigenvalue weighted by atomic mass is 16.6. The number of hydrogen-bond donors (Lipinski definition) is 3. The first-order valence-electron chi connectivity index (χ1n) is 9.53. The van der Waals surface area contributed by atoms with Gasteiger partial charge in [0, 0.05) is 12.1 Å². The highest BCUT2D eigenvalue weighted by Gasteiger charge is 2.28. The molecule has 1 aromatic carbocycles. The van der Waals surface area contributed by atoms with Gasteiger partial charge in [-0.1, -0.05) is 13.8 Å². The predicted molar refractivity (Wildman–Crippen MR) is 104 cm³/mol. The minimum absolute atomic E-state index is 0.123. The van der Waals surface area contributed by atoms with Crippen LogP contribution >= 0.6 is 0 Å². The number of nitro benzene ring substituents is 1. The number of nitro groups is 1. The van der Waals surface area contributed by atoms with Crippen LogP contribution in [0.2, 0.25) is 0 Å². The van der Waals surface area contributed by atoms with E-state index >= 15 is 0 Å². The van der Waals surface area contributed by atoms with Crippen LogP contribution in [-0.2, 0) is 14.4 Å². The van der Waals surface area contributed by atoms with Crippen LogP contribution in [0.15, 0.2) is 24.3 Å². The second-order valence-electron chi connectivity index (χ2n) is 7.28. The Bertz CT molecular complexity index is 744. The molecule has 0 unspecified atom stereocenters. The Morgan fingerprint density at radius 2 is 1.97 bits per heavy atom. The van der Waals surface area contributed by atoms with Crippen LogP contribution in [0.5, 0.6) is 5.75 Å². The second kappa shape index (κ2) is 10.5. The van der Waals surface area contributed by atoms with Gasteiger partial charge in [0.05, 0.1) is 11.0 Å². The van der Waals surface area contributed by atoms with E-state index in [-0.39, 0.29) is 35.8 Å². The molecule has 0 saturated carbocycles. The topological polar surface area (TPSA) is 140 Å². The largest absolute Gasteiger partial charge is 0.425 e. The highest BCUT2D eigenvalue weighted by Crippen LogP contribution is 2.17. The molecule has 1 aliphatic heterocycles. The number of benzene rings is 1. The zero-order valence-electron chi connectivity index (χ0n) is 16.5. The van der Waals surface area contributed by atoms with Crippen molar-refractivity contribution in [3.8, 4) is 5.75 Å². The lowest BCUT2D eigenvalue weighted by atomic mass is 10.0. The number of nitrogens with one attached hydrogen (secondary N) is 3. The standard InChI is InChI=1S/C19H26N4O6/c1-12(2)10-16(22-19(26)15-4-3-9-20-15)18(25)21-11-17(24)29-14-7-5-13(6-8-14)23(27)28/h5-8,12,15-16,20H,3-4,9-11H2,1-2H3,(H,21,25)(H,22,26)/t15-,16-/m0/s1. The van der Waals surface area contributed by atoms with Crippen LogP contribution in [-0.4, -0.2) is 47.9 Å². The zero-order valence-corrected chi connectivity index (χ0v) is 16.5. The molecule has 2 rings (SSSR count). The molecular formula is C19H26N4O6. The SMILES string of the molecule is CC(C)C[C@H](NC(=O)[C@@H]1CCCN1)C(=O)NCC(=O)Oc1ccc([N+](=O)[O-])cc1. The minimum atomic E-state index is -0.753. The lowest BCUT2D eigenvalue weighted by molar-refractivity contribution is -0.384. The van der Waals surface area contributed by atoms with Crippen molar-refractivity contribution in [3.05, 3.63) is 34.4 Å². The lowest BCUT2D eigenvalue weighted by Crippen LogP contribution is -2.52. The molecule has 1 saturated heterocycles. The van der Waals surface area contributed by atoms with Crippen molar-refractivity contribution in [1.29, 1.82) is 0 Å². The normalized spacial score (nSPS) is 16.9. The van der Waals surface area contributed by atoms with Gasteiger partial charge in [-0.05, 0) is 43.9 Å². The Kier molecular flexibility index (Phi) is 8.08. The summed E-state index contributed by atoms with van der Waals surface area (Å²) in [5, 5.41) is 18.9. The van der Waals surface area contributed by atoms with E-state index < -0.39 is 22.8 Å². The van der Waals surface area contributed by atoms with Gasteiger partial charge in [-0.3, -0.25) is 19.7 Å². The number of nitrogens with zero attached hydrogens (tertiary/aromatic N) is 1. The summed E-state index contributed by atoms with van der Waals surface area (Å²) in [6.45, 7) is 4.25. The second-order valence-corrected chi connectivity index (χ2v) is 7.28. The van der Waals surface area contributed by atoms with Gasteiger partial charge in [0.1, 0.15) is 18.3 Å². The van der Waals surface area contributed by atoms with Crippen molar-refractivity contribution < 1.29 is 24.0 Å². The van der Waals surface area contributed by atoms with E-state index in [4.69, 9.17) is 4.74 Å². The average molecular weight is 406 g/mol. The van der Waals surface area contributed by atoms with E-state index in [1.165, 1.54) is 24.3 Å². The van der Waals surface area contributed by atoms with E-state index in [0.717, 1.165) is 19.4 Å². The number of amides is 2. The molecule has 0 spiro atoms. The molecule has 1 fully saturated rings. The fraction of sp³-hybridized carbons (Fsp3) is 0.526. The molecule has 0 radical (unpaired) electrons. The molecule has 3 N–H and O–H groups in total. The molecule has 2 atom stereocenters. The van der Waals surface area contributed by atoms with Crippen LogP contribution in [0.25, 0.3) is 0 Å². The van der Waals surface area contributed by atoms with Gasteiger partial charge in [0.2, 0.25) is 11.8 Å². The molecule has 10 nitrogen and oxygen atoms in total. The van der Waals surface area contributed by atoms with Gasteiger partial charge >= 0.3 is 5.97 Å². The fourth-order valence-electron chi connectivity index (χ4n) is 2.97. The monoisotopic (exact) mass is 406 g/mol. The quantitative estimate of drug-likeness (QED) is 0.239. The summed E-state index contributed by atoms with van der Waals surface area (Å²) in [5.74, 6) is -1.12. The molecule has 1 aromatic rings. The summed E-state index contributed by atoms with van der Waals surface area (Å²) < 4.78 is 5.05. The van der Waals surface area contributed by atoms with Crippen molar-refractivity contribution in [3.63, 3.8) is 0 Å². The molecule has 10 heteroatoms. The summed E-state index contributed by atoms with van der Waals surface area (Å²) in [6, 6.07) is 3.98. The number of rotatable bonds is 9. The first-order valence-corrected chi connectivity index (χ1v) is 9.53. The van der Waals surface area contributed by atoms with Crippen molar-refractivity contribution in [2.75, 3.05) is 13.1 Å². The van der Waals surface area contributed by atoms with Gasteiger partial charge in [0.25, 0.3) is 5.69 Å². The van der Waals surface area contributed by atoms with Crippen LogP contribution in [0.3, 0.4) is 0 Å². The summed E-state index contributed by atoms with van der Waals surface area (Å²) in [4.78, 5) is 46.8. The summed E-state index contributed by atoms with van der Waals surface area (Å²) >= 11 is 0. The molecular weight excluding hydrogens is 380 g/mol. The summed E-state index contributed by atoms with van der Waals surface area (Å²) in [7, 11) is 0. The van der Waals surface area contributed by atoms with E-state index in [1.807, 2.05) is 13.8 Å². The molecule has 0 aliphatic carbocycles. The number of esters is 1. The van der Waals surface area contributed by atoms with Crippen LogP contribution in [0.1, 0.15) is 33.1 Å². The smallest absolute Gasteiger partial charge is 0.330 e. The van der Waals surface area contributed by atoms with Gasteiger partial charge < -0.3 is 20.7 Å². The number of carbonyl (C=O) groups is 3. The first kappa shape index (κ1) is 22.3. The number of carbonyl (C=O) groups excluding carboxylic acids is 3. The van der Waals surface area contributed by atoms with Crippen LogP contribution < -0.4 is 20.7 Å². The molecule has 29 heavy (non-hydrogen) atoms. The molecule has 1 aliphatic rings. The van der Waals surface area contributed by atoms with Gasteiger partial charge in [-0.15, -0.1) is 0 Å². The summed E-state index contributed by atoms with van der Waals surface area (Å²) in [5.41, 5.74) is -0.123. The van der Waals surface area contributed by atoms with Gasteiger partial charge in [0.15, 0.2) is 0 Å². The number of non-ortho nitro benzene ring substituents is 1. The zero-order chi connectivity index (χ0) is 21.4. The third-order valence-electron chi connectivity index (χ3n) is 4.40. The Morgan fingerprint density at radius 1 is 1.28 bits per heavy atom. The van der Waals surface area contributed by atoms with E-state index in [0.29, 0.717) is 6.42 Å². The van der Waals surface area contributed by atoms with Crippen molar-refractivity contribution in [1.82, 2.24) is 16.0 Å². The Hall–Kier alpha value is -3.01. The van der Waals surface area contributed by atoms with Crippen LogP contribution in [0.4, 0.5) is 5.69 Å². The van der Waals surface area contributed by atoms with E-state index in [1.54, 1.807) is 0 Å². The van der Waals surface area contributed by atoms with Gasteiger partial charge in [-0.2, -0.15) is 0 Å². The van der Waals surface area contributed by atoms with E-state index in [2.05, 4.69) is 16.0 Å².